The molecule has 0 saturated carbocycles. The Hall–Kier alpha value is -1.16. The largest absolute Gasteiger partial charge is 0.459 e. The summed E-state index contributed by atoms with van der Waals surface area (Å²) in [5, 5.41) is 9.47. The summed E-state index contributed by atoms with van der Waals surface area (Å²) < 4.78 is 4.92. The lowest BCUT2D eigenvalue weighted by Crippen LogP contribution is -2.38. The first-order valence-corrected chi connectivity index (χ1v) is 11.1. The van der Waals surface area contributed by atoms with Crippen LogP contribution in [0.2, 0.25) is 0 Å². The van der Waals surface area contributed by atoms with E-state index in [0.29, 0.717) is 0 Å². The van der Waals surface area contributed by atoms with Crippen LogP contribution in [0.3, 0.4) is 0 Å². The summed E-state index contributed by atoms with van der Waals surface area (Å²) in [5.41, 5.74) is -0.882. The highest BCUT2D eigenvalue weighted by Crippen LogP contribution is 2.22. The Morgan fingerprint density at radius 1 is 0.964 bits per heavy atom. The molecule has 0 fully saturated rings. The van der Waals surface area contributed by atoms with Crippen LogP contribution in [0, 0.1) is 17.8 Å². The highest BCUT2D eigenvalue weighted by atomic mass is 16.5. The second kappa shape index (κ2) is 14.8. The minimum atomic E-state index is -2.05. The average molecular weight is 397 g/mol. The predicted molar refractivity (Wildman–Crippen MR) is 116 cm³/mol. The fourth-order valence-corrected chi connectivity index (χ4v) is 3.26. The van der Waals surface area contributed by atoms with Gasteiger partial charge in [0.2, 0.25) is 5.60 Å². The maximum Gasteiger partial charge on any atom is 0.345 e. The van der Waals surface area contributed by atoms with Gasteiger partial charge in [0.25, 0.3) is 0 Å². The smallest absolute Gasteiger partial charge is 0.345 e. The molecule has 28 heavy (non-hydrogen) atoms. The third kappa shape index (κ3) is 13.9. The Labute approximate surface area is 173 Å². The minimum absolute atomic E-state index is 0.0961. The van der Waals surface area contributed by atoms with E-state index in [-0.39, 0.29) is 12.9 Å². The van der Waals surface area contributed by atoms with Gasteiger partial charge in [-0.1, -0.05) is 78.2 Å². The molecule has 0 amide bonds. The van der Waals surface area contributed by atoms with Crippen LogP contribution in [0.15, 0.2) is 11.6 Å². The lowest BCUT2D eigenvalue weighted by Gasteiger charge is -2.15. The van der Waals surface area contributed by atoms with Gasteiger partial charge in [-0.05, 0) is 50.5 Å². The molecule has 0 aliphatic heterocycles. The molecule has 0 bridgehead atoms. The summed E-state index contributed by atoms with van der Waals surface area (Å²) in [5.74, 6) is 1.51. The first-order valence-electron chi connectivity index (χ1n) is 11.1. The summed E-state index contributed by atoms with van der Waals surface area (Å²) in [4.78, 5) is 22.1. The van der Waals surface area contributed by atoms with Crippen LogP contribution in [-0.2, 0) is 14.3 Å². The second-order valence-corrected chi connectivity index (χ2v) is 9.27. The van der Waals surface area contributed by atoms with Crippen LogP contribution in [-0.4, -0.2) is 29.6 Å². The van der Waals surface area contributed by atoms with E-state index < -0.39 is 11.6 Å². The first-order chi connectivity index (χ1) is 13.1. The van der Waals surface area contributed by atoms with Crippen LogP contribution in [0.4, 0.5) is 0 Å². The quantitative estimate of drug-likeness (QED) is 0.153. The Kier molecular flexibility index (Phi) is 14.2. The molecule has 4 heteroatoms. The number of esters is 1. The van der Waals surface area contributed by atoms with Gasteiger partial charge in [-0.25, -0.2) is 4.79 Å². The summed E-state index contributed by atoms with van der Waals surface area (Å²) in [6, 6.07) is 0. The summed E-state index contributed by atoms with van der Waals surface area (Å²) in [6.45, 7) is 12.6. The summed E-state index contributed by atoms with van der Waals surface area (Å²) in [7, 11) is 0. The molecule has 0 aromatic rings. The van der Waals surface area contributed by atoms with Crippen molar-refractivity contribution in [1.82, 2.24) is 0 Å². The number of aliphatic hydroxyl groups is 1. The van der Waals surface area contributed by atoms with E-state index in [4.69, 9.17) is 4.74 Å². The van der Waals surface area contributed by atoms with Crippen molar-refractivity contribution in [2.24, 2.45) is 17.8 Å². The molecule has 0 heterocycles. The Balaban J connectivity index is 3.83. The highest BCUT2D eigenvalue weighted by Gasteiger charge is 2.31. The predicted octanol–water partition coefficient (Wildman–Crippen LogP) is 5.86. The molecule has 0 aliphatic carbocycles. The van der Waals surface area contributed by atoms with Crippen molar-refractivity contribution in [2.75, 3.05) is 6.61 Å². The van der Waals surface area contributed by atoms with Crippen molar-refractivity contribution in [1.29, 1.82) is 0 Å². The van der Waals surface area contributed by atoms with Crippen LogP contribution < -0.4 is 0 Å². The molecule has 0 aliphatic rings. The molecule has 0 rings (SSSR count). The highest BCUT2D eigenvalue weighted by molar-refractivity contribution is 5.95. The van der Waals surface area contributed by atoms with E-state index in [1.54, 1.807) is 0 Å². The molecule has 0 spiro atoms. The van der Waals surface area contributed by atoms with Gasteiger partial charge in [0.1, 0.15) is 6.61 Å². The van der Waals surface area contributed by atoms with E-state index >= 15 is 0 Å². The van der Waals surface area contributed by atoms with Crippen LogP contribution in [0.5, 0.6) is 0 Å². The van der Waals surface area contributed by atoms with Crippen molar-refractivity contribution >= 4 is 12.3 Å². The van der Waals surface area contributed by atoms with Crippen molar-refractivity contribution in [2.45, 2.75) is 105 Å². The van der Waals surface area contributed by atoms with Gasteiger partial charge in [-0.15, -0.1) is 0 Å². The minimum Gasteiger partial charge on any atom is -0.459 e. The van der Waals surface area contributed by atoms with E-state index in [1.807, 2.05) is 13.0 Å². The first kappa shape index (κ1) is 26.8. The maximum absolute atomic E-state index is 11.5. The van der Waals surface area contributed by atoms with Gasteiger partial charge < -0.3 is 9.84 Å². The average Bonchev–Trinajstić information content (AvgIpc) is 2.61. The van der Waals surface area contributed by atoms with E-state index in [0.717, 1.165) is 37.5 Å². The van der Waals surface area contributed by atoms with Crippen molar-refractivity contribution in [3.8, 4) is 0 Å². The zero-order valence-corrected chi connectivity index (χ0v) is 19.1. The molecule has 1 N–H and O–H groups in total. The standard InChI is InChI=1S/C24H44O4/c1-19(2)10-7-11-20(3)12-8-13-21(4)14-9-15-22(5)16-17-28-23(26)24(6,27)18-25/h16,18-21,27H,7-15,17H2,1-6H3. The van der Waals surface area contributed by atoms with Gasteiger partial charge in [0.15, 0.2) is 6.29 Å². The van der Waals surface area contributed by atoms with Crippen LogP contribution in [0.25, 0.3) is 0 Å². The third-order valence-corrected chi connectivity index (χ3v) is 5.43. The van der Waals surface area contributed by atoms with Crippen LogP contribution >= 0.6 is 0 Å². The number of aldehydes is 1. The van der Waals surface area contributed by atoms with Crippen molar-refractivity contribution in [3.63, 3.8) is 0 Å². The van der Waals surface area contributed by atoms with E-state index in [9.17, 15) is 14.7 Å². The van der Waals surface area contributed by atoms with Gasteiger partial charge in [0.05, 0.1) is 0 Å². The lowest BCUT2D eigenvalue weighted by molar-refractivity contribution is -0.163. The number of rotatable bonds is 16. The zero-order valence-electron chi connectivity index (χ0n) is 19.1. The van der Waals surface area contributed by atoms with E-state index in [2.05, 4.69) is 27.7 Å². The topological polar surface area (TPSA) is 63.6 Å². The molecule has 3 atom stereocenters. The van der Waals surface area contributed by atoms with Crippen LogP contribution in [0.1, 0.15) is 99.3 Å². The van der Waals surface area contributed by atoms with Gasteiger partial charge in [-0.3, -0.25) is 4.79 Å². The maximum atomic E-state index is 11.5. The van der Waals surface area contributed by atoms with Gasteiger partial charge in [-0.2, -0.15) is 0 Å². The molecule has 0 saturated heterocycles. The van der Waals surface area contributed by atoms with Gasteiger partial charge in [0, 0.05) is 0 Å². The van der Waals surface area contributed by atoms with E-state index in [1.165, 1.54) is 50.5 Å². The zero-order chi connectivity index (χ0) is 21.6. The molecule has 164 valence electrons. The fourth-order valence-electron chi connectivity index (χ4n) is 3.26. The Bertz CT molecular complexity index is 465. The SMILES string of the molecule is CC(=CCOC(=O)C(C)(O)C=O)CCCC(C)CCCC(C)CCCC(C)C. The summed E-state index contributed by atoms with van der Waals surface area (Å²) >= 11 is 0. The molecule has 0 aromatic carbocycles. The molecular weight excluding hydrogens is 352 g/mol. The normalized spacial score (nSPS) is 16.5. The Morgan fingerprint density at radius 2 is 1.46 bits per heavy atom. The fraction of sp³-hybridized carbons (Fsp3) is 0.833. The lowest BCUT2D eigenvalue weighted by atomic mass is 9.91. The number of allylic oxidation sites excluding steroid dienone is 1. The number of hydrogen-bond donors (Lipinski definition) is 1. The molecule has 3 unspecified atom stereocenters. The molecule has 0 aromatic heterocycles. The number of carbonyl (C=O) groups excluding carboxylic acids is 2. The number of carbonyl (C=O) groups is 2. The Morgan fingerprint density at radius 3 is 1.96 bits per heavy atom. The molecular formula is C24H44O4. The van der Waals surface area contributed by atoms with Gasteiger partial charge >= 0.3 is 5.97 Å². The summed E-state index contributed by atoms with van der Waals surface area (Å²) in [6.07, 6.45) is 13.4. The number of ether oxygens (including phenoxy) is 1. The van der Waals surface area contributed by atoms with Crippen molar-refractivity contribution < 1.29 is 19.4 Å². The molecule has 4 nitrogen and oxygen atoms in total. The third-order valence-electron chi connectivity index (χ3n) is 5.43. The second-order valence-electron chi connectivity index (χ2n) is 9.27. The number of hydrogen-bond acceptors (Lipinski definition) is 4. The van der Waals surface area contributed by atoms with Crippen molar-refractivity contribution in [3.05, 3.63) is 11.6 Å². The monoisotopic (exact) mass is 396 g/mol. The molecule has 0 radical (unpaired) electrons.